The summed E-state index contributed by atoms with van der Waals surface area (Å²) in [6, 6.07) is 0. The monoisotopic (exact) mass is 337 g/mol. The van der Waals surface area contributed by atoms with Gasteiger partial charge in [0.15, 0.2) is 5.79 Å². The van der Waals surface area contributed by atoms with Crippen LogP contribution < -0.4 is 0 Å². The van der Waals surface area contributed by atoms with Crippen molar-refractivity contribution in [2.75, 3.05) is 26.4 Å². The Bertz CT molecular complexity index is 562. The van der Waals surface area contributed by atoms with Crippen molar-refractivity contribution in [1.29, 1.82) is 0 Å². The van der Waals surface area contributed by atoms with E-state index in [1.165, 1.54) is 0 Å². The molecule has 1 unspecified atom stereocenters. The standard InChI is InChI=1S/C17H23NO6/c1-3-22-16(21)13(17(2)23-8-9-24-17)10-18-14(19)11-6-4-5-7-12(11)15(18)20/h13H,3-10H2,1-2H3. The van der Waals surface area contributed by atoms with E-state index in [1.54, 1.807) is 13.8 Å². The highest BCUT2D eigenvalue weighted by atomic mass is 16.7. The van der Waals surface area contributed by atoms with Gasteiger partial charge in [-0.1, -0.05) is 0 Å². The van der Waals surface area contributed by atoms with Crippen LogP contribution in [0.3, 0.4) is 0 Å². The topological polar surface area (TPSA) is 82.1 Å². The number of esters is 1. The third-order valence-corrected chi connectivity index (χ3v) is 4.90. The molecule has 3 aliphatic rings. The molecule has 2 heterocycles. The molecule has 2 aliphatic heterocycles. The molecule has 1 aliphatic carbocycles. The normalized spacial score (nSPS) is 24.3. The maximum absolute atomic E-state index is 12.6. The van der Waals surface area contributed by atoms with Crippen LogP contribution in [0.2, 0.25) is 0 Å². The van der Waals surface area contributed by atoms with Gasteiger partial charge in [-0.05, 0) is 39.5 Å². The van der Waals surface area contributed by atoms with Crippen LogP contribution in [0.25, 0.3) is 0 Å². The second kappa shape index (κ2) is 6.64. The van der Waals surface area contributed by atoms with Crippen molar-refractivity contribution in [3.63, 3.8) is 0 Å². The molecule has 7 nitrogen and oxygen atoms in total. The number of carbonyl (C=O) groups is 3. The lowest BCUT2D eigenvalue weighted by Crippen LogP contribution is -2.49. The maximum Gasteiger partial charge on any atom is 0.316 e. The van der Waals surface area contributed by atoms with Gasteiger partial charge >= 0.3 is 5.97 Å². The lowest BCUT2D eigenvalue weighted by molar-refractivity contribution is -0.202. The molecule has 0 bridgehead atoms. The quantitative estimate of drug-likeness (QED) is 0.553. The van der Waals surface area contributed by atoms with Crippen LogP contribution in [0, 0.1) is 5.92 Å². The average molecular weight is 337 g/mol. The summed E-state index contributed by atoms with van der Waals surface area (Å²) in [4.78, 5) is 38.8. The summed E-state index contributed by atoms with van der Waals surface area (Å²) >= 11 is 0. The lowest BCUT2D eigenvalue weighted by Gasteiger charge is -2.32. The molecule has 2 amide bonds. The second-order valence-electron chi connectivity index (χ2n) is 6.40. The van der Waals surface area contributed by atoms with Gasteiger partial charge in [0.05, 0.1) is 19.8 Å². The van der Waals surface area contributed by atoms with E-state index in [9.17, 15) is 14.4 Å². The minimum atomic E-state index is -1.18. The molecular formula is C17H23NO6. The first kappa shape index (κ1) is 17.1. The number of rotatable bonds is 5. The van der Waals surface area contributed by atoms with Crippen LogP contribution in [0.1, 0.15) is 39.5 Å². The van der Waals surface area contributed by atoms with Crippen LogP contribution in [0.5, 0.6) is 0 Å². The van der Waals surface area contributed by atoms with Crippen LogP contribution in [-0.4, -0.2) is 54.8 Å². The van der Waals surface area contributed by atoms with E-state index in [0.717, 1.165) is 17.7 Å². The summed E-state index contributed by atoms with van der Waals surface area (Å²) in [5.41, 5.74) is 1.21. The molecule has 1 fully saturated rings. The molecule has 7 heteroatoms. The summed E-state index contributed by atoms with van der Waals surface area (Å²) in [6.45, 7) is 4.22. The SMILES string of the molecule is CCOC(=O)C(CN1C(=O)C2=C(CCCC2)C1=O)C1(C)OCCO1. The lowest BCUT2D eigenvalue weighted by atomic mass is 9.93. The van der Waals surface area contributed by atoms with E-state index in [-0.39, 0.29) is 25.0 Å². The van der Waals surface area contributed by atoms with E-state index in [1.807, 2.05) is 0 Å². The Morgan fingerprint density at radius 3 is 2.21 bits per heavy atom. The van der Waals surface area contributed by atoms with Gasteiger partial charge in [-0.25, -0.2) is 0 Å². The molecule has 0 aromatic heterocycles. The predicted molar refractivity (Wildman–Crippen MR) is 82.6 cm³/mol. The summed E-state index contributed by atoms with van der Waals surface area (Å²) in [5, 5.41) is 0. The Kier molecular flexibility index (Phi) is 4.73. The molecule has 0 spiro atoms. The fraction of sp³-hybridized carbons (Fsp3) is 0.706. The largest absolute Gasteiger partial charge is 0.466 e. The highest BCUT2D eigenvalue weighted by Gasteiger charge is 2.49. The van der Waals surface area contributed by atoms with Crippen molar-refractivity contribution in [2.45, 2.75) is 45.3 Å². The van der Waals surface area contributed by atoms with Crippen LogP contribution in [-0.2, 0) is 28.6 Å². The minimum absolute atomic E-state index is 0.0833. The number of hydrogen-bond acceptors (Lipinski definition) is 6. The van der Waals surface area contributed by atoms with E-state index < -0.39 is 17.7 Å². The fourth-order valence-corrected chi connectivity index (χ4v) is 3.57. The Morgan fingerprint density at radius 1 is 1.17 bits per heavy atom. The van der Waals surface area contributed by atoms with Crippen LogP contribution in [0.15, 0.2) is 11.1 Å². The second-order valence-corrected chi connectivity index (χ2v) is 6.40. The fourth-order valence-electron chi connectivity index (χ4n) is 3.57. The van der Waals surface area contributed by atoms with Gasteiger partial charge in [-0.3, -0.25) is 19.3 Å². The summed E-state index contributed by atoms with van der Waals surface area (Å²) in [5.74, 6) is -3.15. The highest BCUT2D eigenvalue weighted by Crippen LogP contribution is 2.36. The number of ether oxygens (including phenoxy) is 3. The van der Waals surface area contributed by atoms with Crippen molar-refractivity contribution in [2.24, 2.45) is 5.92 Å². The van der Waals surface area contributed by atoms with Crippen LogP contribution >= 0.6 is 0 Å². The Hall–Kier alpha value is -1.73. The summed E-state index contributed by atoms with van der Waals surface area (Å²) in [6.07, 6.45) is 3.09. The van der Waals surface area contributed by atoms with Crippen molar-refractivity contribution < 1.29 is 28.6 Å². The van der Waals surface area contributed by atoms with Crippen molar-refractivity contribution >= 4 is 17.8 Å². The molecule has 1 saturated heterocycles. The zero-order valence-electron chi connectivity index (χ0n) is 14.1. The summed E-state index contributed by atoms with van der Waals surface area (Å²) in [7, 11) is 0. The van der Waals surface area contributed by atoms with E-state index >= 15 is 0 Å². The van der Waals surface area contributed by atoms with Gasteiger partial charge in [-0.15, -0.1) is 0 Å². The first-order valence-electron chi connectivity index (χ1n) is 8.50. The molecule has 24 heavy (non-hydrogen) atoms. The van der Waals surface area contributed by atoms with Crippen LogP contribution in [0.4, 0.5) is 0 Å². The van der Waals surface area contributed by atoms with Crippen molar-refractivity contribution in [1.82, 2.24) is 4.90 Å². The molecule has 0 aromatic rings. The molecule has 0 radical (unpaired) electrons. The first-order chi connectivity index (χ1) is 11.5. The average Bonchev–Trinajstić information content (AvgIpc) is 3.10. The molecule has 0 aromatic carbocycles. The highest BCUT2D eigenvalue weighted by molar-refractivity contribution is 6.19. The number of nitrogens with zero attached hydrogens (tertiary/aromatic N) is 1. The number of amides is 2. The predicted octanol–water partition coefficient (Wildman–Crippen LogP) is 1.17. The number of imide groups is 1. The minimum Gasteiger partial charge on any atom is -0.466 e. The van der Waals surface area contributed by atoms with Gasteiger partial charge in [-0.2, -0.15) is 0 Å². The van der Waals surface area contributed by atoms with E-state index in [0.29, 0.717) is 37.2 Å². The molecular weight excluding hydrogens is 314 g/mol. The number of carbonyl (C=O) groups excluding carboxylic acids is 3. The molecule has 3 rings (SSSR count). The maximum atomic E-state index is 12.6. The van der Waals surface area contributed by atoms with Crippen molar-refractivity contribution in [3.05, 3.63) is 11.1 Å². The van der Waals surface area contributed by atoms with Gasteiger partial charge in [0.2, 0.25) is 0 Å². The van der Waals surface area contributed by atoms with E-state index in [2.05, 4.69) is 0 Å². The van der Waals surface area contributed by atoms with Gasteiger partial charge in [0.25, 0.3) is 11.8 Å². The van der Waals surface area contributed by atoms with E-state index in [4.69, 9.17) is 14.2 Å². The zero-order valence-corrected chi connectivity index (χ0v) is 14.1. The molecule has 132 valence electrons. The molecule has 1 atom stereocenters. The smallest absolute Gasteiger partial charge is 0.316 e. The Morgan fingerprint density at radius 2 is 1.71 bits per heavy atom. The zero-order chi connectivity index (χ0) is 17.3. The van der Waals surface area contributed by atoms with Gasteiger partial charge < -0.3 is 14.2 Å². The van der Waals surface area contributed by atoms with Crippen molar-refractivity contribution in [3.8, 4) is 0 Å². The molecule has 0 N–H and O–H groups in total. The third kappa shape index (κ3) is 2.86. The van der Waals surface area contributed by atoms with Gasteiger partial charge in [0.1, 0.15) is 5.92 Å². The Labute approximate surface area is 140 Å². The number of hydrogen-bond donors (Lipinski definition) is 0. The first-order valence-corrected chi connectivity index (χ1v) is 8.50. The Balaban J connectivity index is 1.82. The molecule has 0 saturated carbocycles. The third-order valence-electron chi connectivity index (χ3n) is 4.90. The van der Waals surface area contributed by atoms with Gasteiger partial charge in [0, 0.05) is 17.7 Å². The summed E-state index contributed by atoms with van der Waals surface area (Å²) < 4.78 is 16.3.